The molecule has 1 amide bonds. The molecule has 7 nitrogen and oxygen atoms in total. The molecule has 3 aromatic heterocycles. The quantitative estimate of drug-likeness (QED) is 0.325. The van der Waals surface area contributed by atoms with E-state index in [-0.39, 0.29) is 35.9 Å². The Kier molecular flexibility index (Phi) is 6.72. The van der Waals surface area contributed by atoms with E-state index in [9.17, 15) is 22.8 Å². The Balaban J connectivity index is 1.35. The third-order valence-corrected chi connectivity index (χ3v) is 7.53. The van der Waals surface area contributed by atoms with Gasteiger partial charge in [-0.3, -0.25) is 14.6 Å². The summed E-state index contributed by atoms with van der Waals surface area (Å²) in [6.45, 7) is 3.75. The predicted octanol–water partition coefficient (Wildman–Crippen LogP) is 5.52. The number of amides is 1. The molecule has 0 radical (unpaired) electrons. The standard InChI is InChI=1S/C27H24F3N5O2S/c1-3-38-17-6-4-16(5-7-17)14-22(36)34-21-9-8-18-19(32-21)10-11-26(2,24(18)37)23-25-33-20(27(28,29)30)15-35(25)13-12-31-23/h4-9,12-13,15H,3,10-11,14H2,1-2H3,(H,32,34,36). The number of imidazole rings is 1. The lowest BCUT2D eigenvalue weighted by atomic mass is 9.71. The van der Waals surface area contributed by atoms with Crippen molar-refractivity contribution in [3.8, 4) is 0 Å². The van der Waals surface area contributed by atoms with Crippen LogP contribution in [0.4, 0.5) is 19.0 Å². The van der Waals surface area contributed by atoms with Gasteiger partial charge in [0.15, 0.2) is 17.1 Å². The molecular formula is C27H24F3N5O2S. The van der Waals surface area contributed by atoms with Crippen molar-refractivity contribution in [3.05, 3.63) is 83.2 Å². The highest BCUT2D eigenvalue weighted by atomic mass is 32.2. The van der Waals surface area contributed by atoms with E-state index in [1.807, 2.05) is 24.3 Å². The minimum absolute atomic E-state index is 0.00251. The van der Waals surface area contributed by atoms with Crippen molar-refractivity contribution < 1.29 is 22.8 Å². The van der Waals surface area contributed by atoms with Gasteiger partial charge in [-0.2, -0.15) is 13.2 Å². The first kappa shape index (κ1) is 25.9. The summed E-state index contributed by atoms with van der Waals surface area (Å²) in [6.07, 6.45) is -0.131. The number of halogens is 3. The minimum Gasteiger partial charge on any atom is -0.310 e. The van der Waals surface area contributed by atoms with Crippen LogP contribution < -0.4 is 5.32 Å². The van der Waals surface area contributed by atoms with Crippen molar-refractivity contribution in [2.24, 2.45) is 0 Å². The van der Waals surface area contributed by atoms with E-state index < -0.39 is 17.3 Å². The van der Waals surface area contributed by atoms with Gasteiger partial charge >= 0.3 is 6.18 Å². The zero-order valence-electron chi connectivity index (χ0n) is 20.7. The number of aromatic nitrogens is 4. The number of Topliss-reactive ketones (excluding diaryl/α,β-unsaturated/α-hetero) is 1. The molecule has 1 aromatic carbocycles. The highest BCUT2D eigenvalue weighted by Crippen LogP contribution is 2.39. The number of carbonyl (C=O) groups excluding carboxylic acids is 2. The number of hydrogen-bond donors (Lipinski definition) is 1. The normalized spacial score (nSPS) is 17.4. The number of rotatable bonds is 6. The molecule has 4 aromatic rings. The molecule has 1 aliphatic carbocycles. The van der Waals surface area contributed by atoms with Crippen LogP contribution in [0.15, 0.2) is 59.9 Å². The molecule has 38 heavy (non-hydrogen) atoms. The van der Waals surface area contributed by atoms with Gasteiger partial charge < -0.3 is 9.72 Å². The van der Waals surface area contributed by atoms with Gasteiger partial charge in [-0.05, 0) is 55.3 Å². The second kappa shape index (κ2) is 9.86. The van der Waals surface area contributed by atoms with E-state index in [0.29, 0.717) is 23.5 Å². The lowest BCUT2D eigenvalue weighted by molar-refractivity contribution is -0.140. The lowest BCUT2D eigenvalue weighted by Gasteiger charge is -2.32. The molecule has 1 atom stereocenters. The topological polar surface area (TPSA) is 89.2 Å². The van der Waals surface area contributed by atoms with Crippen LogP contribution in [-0.4, -0.2) is 36.8 Å². The van der Waals surface area contributed by atoms with Crippen LogP contribution >= 0.6 is 11.8 Å². The summed E-state index contributed by atoms with van der Waals surface area (Å²) in [5.41, 5.74) is -0.287. The van der Waals surface area contributed by atoms with Gasteiger partial charge in [0.25, 0.3) is 0 Å². The van der Waals surface area contributed by atoms with E-state index in [0.717, 1.165) is 22.4 Å². The molecule has 1 unspecified atom stereocenters. The monoisotopic (exact) mass is 539 g/mol. The molecule has 0 bridgehead atoms. The summed E-state index contributed by atoms with van der Waals surface area (Å²) < 4.78 is 41.0. The molecule has 0 spiro atoms. The maximum absolute atomic E-state index is 13.6. The van der Waals surface area contributed by atoms with Crippen molar-refractivity contribution in [3.63, 3.8) is 0 Å². The van der Waals surface area contributed by atoms with E-state index in [1.54, 1.807) is 30.8 Å². The summed E-state index contributed by atoms with van der Waals surface area (Å²) in [5.74, 6) is 0.786. The van der Waals surface area contributed by atoms with E-state index in [2.05, 4.69) is 27.2 Å². The first-order valence-corrected chi connectivity index (χ1v) is 13.0. The molecular weight excluding hydrogens is 515 g/mol. The summed E-state index contributed by atoms with van der Waals surface area (Å²) >= 11 is 1.73. The number of aryl methyl sites for hydroxylation is 1. The van der Waals surface area contributed by atoms with Gasteiger partial charge in [0.2, 0.25) is 5.91 Å². The van der Waals surface area contributed by atoms with Crippen LogP contribution in [0.5, 0.6) is 0 Å². The molecule has 5 rings (SSSR count). The highest BCUT2D eigenvalue weighted by molar-refractivity contribution is 7.99. The SMILES string of the molecule is CCSc1ccc(CC(=O)Nc2ccc3c(n2)CCC(C)(c2nccn4cc(C(F)(F)F)nc24)C3=O)cc1. The number of hydrogen-bond acceptors (Lipinski definition) is 6. The Morgan fingerprint density at radius 3 is 2.63 bits per heavy atom. The molecule has 0 fully saturated rings. The maximum atomic E-state index is 13.6. The Morgan fingerprint density at radius 1 is 1.16 bits per heavy atom. The van der Waals surface area contributed by atoms with Crippen molar-refractivity contribution in [1.82, 2.24) is 19.4 Å². The first-order chi connectivity index (χ1) is 18.1. The summed E-state index contributed by atoms with van der Waals surface area (Å²) in [6, 6.07) is 11.0. The molecule has 0 saturated heterocycles. The van der Waals surface area contributed by atoms with Gasteiger partial charge in [-0.15, -0.1) is 11.8 Å². The number of nitrogens with zero attached hydrogens (tertiary/aromatic N) is 4. The smallest absolute Gasteiger partial charge is 0.310 e. The maximum Gasteiger partial charge on any atom is 0.434 e. The fourth-order valence-electron chi connectivity index (χ4n) is 4.66. The van der Waals surface area contributed by atoms with Gasteiger partial charge in [-0.25, -0.2) is 9.97 Å². The fourth-order valence-corrected chi connectivity index (χ4v) is 5.32. The molecule has 196 valence electrons. The van der Waals surface area contributed by atoms with Gasteiger partial charge in [0.1, 0.15) is 5.82 Å². The molecule has 3 heterocycles. The number of thioether (sulfide) groups is 1. The molecule has 0 aliphatic heterocycles. The van der Waals surface area contributed by atoms with Crippen molar-refractivity contribution in [2.45, 2.75) is 49.6 Å². The van der Waals surface area contributed by atoms with Gasteiger partial charge in [0, 0.05) is 29.0 Å². The van der Waals surface area contributed by atoms with Gasteiger partial charge in [-0.1, -0.05) is 19.1 Å². The molecule has 0 saturated carbocycles. The number of pyridine rings is 1. The van der Waals surface area contributed by atoms with Crippen molar-refractivity contribution >= 4 is 34.9 Å². The number of anilines is 1. The van der Waals surface area contributed by atoms with Crippen molar-refractivity contribution in [1.29, 1.82) is 0 Å². The first-order valence-electron chi connectivity index (χ1n) is 12.1. The third-order valence-electron chi connectivity index (χ3n) is 6.64. The minimum atomic E-state index is -4.62. The van der Waals surface area contributed by atoms with Crippen LogP contribution in [-0.2, 0) is 29.2 Å². The molecule has 11 heteroatoms. The lowest BCUT2D eigenvalue weighted by Crippen LogP contribution is -2.39. The number of alkyl halides is 3. The zero-order valence-corrected chi connectivity index (χ0v) is 21.5. The van der Waals surface area contributed by atoms with E-state index >= 15 is 0 Å². The Morgan fingerprint density at radius 2 is 1.92 bits per heavy atom. The number of nitrogens with one attached hydrogen (secondary N) is 1. The largest absolute Gasteiger partial charge is 0.434 e. The summed E-state index contributed by atoms with van der Waals surface area (Å²) in [7, 11) is 0. The number of ketones is 1. The Labute approximate surface area is 220 Å². The second-order valence-corrected chi connectivity index (χ2v) is 10.6. The van der Waals surface area contributed by atoms with Crippen LogP contribution in [0.2, 0.25) is 0 Å². The van der Waals surface area contributed by atoms with Crippen LogP contribution in [0.25, 0.3) is 5.65 Å². The van der Waals surface area contributed by atoms with E-state index in [1.165, 1.54) is 16.8 Å². The molecule has 1 aliphatic rings. The highest BCUT2D eigenvalue weighted by Gasteiger charge is 2.44. The second-order valence-electron chi connectivity index (χ2n) is 9.28. The van der Waals surface area contributed by atoms with Crippen LogP contribution in [0.1, 0.15) is 53.3 Å². The summed E-state index contributed by atoms with van der Waals surface area (Å²) in [4.78, 5) is 39.9. The number of benzene rings is 1. The Hall–Kier alpha value is -3.73. The molecule has 1 N–H and O–H groups in total. The Bertz CT molecular complexity index is 1530. The fraction of sp³-hybridized carbons (Fsp3) is 0.296. The van der Waals surface area contributed by atoms with Gasteiger partial charge in [0.05, 0.1) is 23.2 Å². The predicted molar refractivity (Wildman–Crippen MR) is 137 cm³/mol. The summed E-state index contributed by atoms with van der Waals surface area (Å²) in [5, 5.41) is 2.79. The zero-order chi connectivity index (χ0) is 27.1. The average Bonchev–Trinajstić information content (AvgIpc) is 3.33. The number of fused-ring (bicyclic) bond motifs is 2. The van der Waals surface area contributed by atoms with Crippen LogP contribution in [0, 0.1) is 0 Å². The third kappa shape index (κ3) is 4.90. The van der Waals surface area contributed by atoms with E-state index in [4.69, 9.17) is 0 Å². The van der Waals surface area contributed by atoms with Crippen LogP contribution in [0.3, 0.4) is 0 Å². The average molecular weight is 540 g/mol. The number of carbonyl (C=O) groups is 2. The van der Waals surface area contributed by atoms with Crippen molar-refractivity contribution in [2.75, 3.05) is 11.1 Å².